The van der Waals surface area contributed by atoms with E-state index in [4.69, 9.17) is 19.1 Å². The largest absolute Gasteiger partial charge is 0.408 e. The molecular formula is C45H50N6O4Si. The second kappa shape index (κ2) is 16.4. The highest BCUT2D eigenvalue weighted by Gasteiger charge is 2.52. The topological polar surface area (TPSA) is 103 Å². The summed E-state index contributed by atoms with van der Waals surface area (Å²) >= 11 is 0. The van der Waals surface area contributed by atoms with E-state index in [0.717, 1.165) is 11.3 Å². The van der Waals surface area contributed by atoms with E-state index in [1.807, 2.05) is 28.8 Å². The van der Waals surface area contributed by atoms with Crippen molar-refractivity contribution >= 4 is 37.1 Å². The highest BCUT2D eigenvalue weighted by atomic mass is 28.4. The molecule has 11 heteroatoms. The number of fused-ring (bicyclic) bond motifs is 1. The van der Waals surface area contributed by atoms with Crippen LogP contribution in [0.3, 0.4) is 0 Å². The molecule has 4 aromatic carbocycles. The summed E-state index contributed by atoms with van der Waals surface area (Å²) in [7, 11) is -2.41. The molecule has 10 nitrogen and oxygen atoms in total. The number of imide groups is 1. The van der Waals surface area contributed by atoms with Crippen molar-refractivity contribution in [3.63, 3.8) is 0 Å². The smallest absolute Gasteiger partial charge is 0.266 e. The number of carbonyl (C=O) groups excluding carboxylic acids is 2. The molecule has 288 valence electrons. The number of benzene rings is 4. The van der Waals surface area contributed by atoms with E-state index in [9.17, 15) is 9.59 Å². The summed E-state index contributed by atoms with van der Waals surface area (Å²) in [6.07, 6.45) is 2.57. The predicted octanol–water partition coefficient (Wildman–Crippen LogP) is 9.08. The molecule has 0 N–H and O–H groups in total. The fourth-order valence-electron chi connectivity index (χ4n) is 7.16. The zero-order chi connectivity index (χ0) is 39.5. The van der Waals surface area contributed by atoms with Gasteiger partial charge in [0.15, 0.2) is 31.5 Å². The number of hydrogen-bond acceptors (Lipinski definition) is 8. The summed E-state index contributed by atoms with van der Waals surface area (Å²) in [5.41, 5.74) is 3.82. The Bertz CT molecular complexity index is 2150. The number of anilines is 1. The van der Waals surface area contributed by atoms with E-state index in [-0.39, 0.29) is 23.0 Å². The van der Waals surface area contributed by atoms with Crippen molar-refractivity contribution in [3.05, 3.63) is 156 Å². The van der Waals surface area contributed by atoms with Gasteiger partial charge in [0.1, 0.15) is 12.4 Å². The van der Waals surface area contributed by atoms with Gasteiger partial charge in [0, 0.05) is 24.2 Å². The van der Waals surface area contributed by atoms with Crippen molar-refractivity contribution in [2.45, 2.75) is 89.8 Å². The second-order valence-electron chi connectivity index (χ2n) is 15.9. The molecule has 1 aliphatic rings. The average Bonchev–Trinajstić information content (AvgIpc) is 3.80. The minimum Gasteiger partial charge on any atom is -0.408 e. The first kappa shape index (κ1) is 38.9. The third-order valence-corrected chi connectivity index (χ3v) is 15.6. The van der Waals surface area contributed by atoms with Gasteiger partial charge in [-0.05, 0) is 59.9 Å². The molecule has 3 heterocycles. The van der Waals surface area contributed by atoms with Crippen molar-refractivity contribution in [3.8, 4) is 0 Å². The molecule has 56 heavy (non-hydrogen) atoms. The Labute approximate surface area is 330 Å². The lowest BCUT2D eigenvalue weighted by atomic mass is 10.0. The van der Waals surface area contributed by atoms with Crippen LogP contribution >= 0.6 is 0 Å². The van der Waals surface area contributed by atoms with E-state index >= 15 is 0 Å². The number of imidazole rings is 1. The van der Waals surface area contributed by atoms with Crippen molar-refractivity contribution in [1.82, 2.24) is 24.4 Å². The van der Waals surface area contributed by atoms with Crippen molar-refractivity contribution in [1.29, 1.82) is 0 Å². The van der Waals surface area contributed by atoms with Gasteiger partial charge >= 0.3 is 0 Å². The van der Waals surface area contributed by atoms with E-state index in [1.165, 1.54) is 17.5 Å². The average molecular weight is 767 g/mol. The highest BCUT2D eigenvalue weighted by molar-refractivity contribution is 6.74. The zero-order valence-electron chi connectivity index (χ0n) is 32.9. The van der Waals surface area contributed by atoms with Crippen LogP contribution in [-0.2, 0) is 22.3 Å². The van der Waals surface area contributed by atoms with Crippen LogP contribution in [0.25, 0.3) is 11.2 Å². The van der Waals surface area contributed by atoms with Crippen LogP contribution in [0.4, 0.5) is 5.82 Å². The Morgan fingerprint density at radius 2 is 1.25 bits per heavy atom. The monoisotopic (exact) mass is 766 g/mol. The maximum atomic E-state index is 14.2. The van der Waals surface area contributed by atoms with Crippen molar-refractivity contribution in [2.75, 3.05) is 4.90 Å². The van der Waals surface area contributed by atoms with Gasteiger partial charge in [-0.15, -0.1) is 0 Å². The molecular weight excluding hydrogens is 717 g/mol. The minimum absolute atomic E-state index is 0.0848. The predicted molar refractivity (Wildman–Crippen MR) is 222 cm³/mol. The first-order valence-corrected chi connectivity index (χ1v) is 22.2. The number of ether oxygens (including phenoxy) is 1. The normalized spacial score (nSPS) is 18.7. The number of hydrogen-bond donors (Lipinski definition) is 0. The van der Waals surface area contributed by atoms with Crippen molar-refractivity contribution < 1.29 is 18.8 Å². The summed E-state index contributed by atoms with van der Waals surface area (Å²) in [5.74, 6) is -0.947. The molecule has 0 saturated carbocycles. The number of aromatic nitrogens is 4. The number of carbonyl (C=O) groups is 2. The second-order valence-corrected chi connectivity index (χ2v) is 20.6. The lowest BCUT2D eigenvalue weighted by Gasteiger charge is -2.43. The molecule has 4 atom stereocenters. The SMILES string of the molecule is CC[C@H]1O[C@@H](n2cnc3c(N(C(=O)c4ccccc4)C(=O)c4ccccc4)ncnc32)C(O[Si](C)(C)C(C)(C)C)[C@H]1N(Cc1ccccc1)Cc1ccccc1. The fourth-order valence-corrected chi connectivity index (χ4v) is 8.45. The van der Waals surface area contributed by atoms with Gasteiger partial charge in [-0.2, -0.15) is 0 Å². The molecule has 0 aliphatic carbocycles. The first-order chi connectivity index (χ1) is 27.0. The maximum Gasteiger partial charge on any atom is 0.266 e. The Hall–Kier alpha value is -5.33. The summed E-state index contributed by atoms with van der Waals surface area (Å²) in [4.78, 5) is 46.2. The van der Waals surface area contributed by atoms with E-state index < -0.39 is 32.5 Å². The van der Waals surface area contributed by atoms with Crippen LogP contribution < -0.4 is 4.90 Å². The van der Waals surface area contributed by atoms with Crippen LogP contribution in [0.5, 0.6) is 0 Å². The highest BCUT2D eigenvalue weighted by Crippen LogP contribution is 2.45. The van der Waals surface area contributed by atoms with E-state index in [1.54, 1.807) is 54.9 Å². The summed E-state index contributed by atoms with van der Waals surface area (Å²) in [6.45, 7) is 14.8. The molecule has 2 amide bonds. The number of rotatable bonds is 12. The van der Waals surface area contributed by atoms with Gasteiger partial charge in [-0.3, -0.25) is 19.1 Å². The van der Waals surface area contributed by atoms with Gasteiger partial charge in [0.05, 0.1) is 18.5 Å². The van der Waals surface area contributed by atoms with Crippen LogP contribution in [0, 0.1) is 0 Å². The Kier molecular flexibility index (Phi) is 11.4. The quantitative estimate of drug-likeness (QED) is 0.0899. The molecule has 7 rings (SSSR count). The van der Waals surface area contributed by atoms with Crippen molar-refractivity contribution in [2.24, 2.45) is 0 Å². The Balaban J connectivity index is 1.35. The number of nitrogens with zero attached hydrogens (tertiary/aromatic N) is 6. The maximum absolute atomic E-state index is 14.2. The van der Waals surface area contributed by atoms with Gasteiger partial charge in [-0.1, -0.05) is 125 Å². The molecule has 0 spiro atoms. The minimum atomic E-state index is -2.41. The third-order valence-electron chi connectivity index (χ3n) is 11.1. The molecule has 2 aromatic heterocycles. The molecule has 1 saturated heterocycles. The molecule has 1 aliphatic heterocycles. The van der Waals surface area contributed by atoms with Gasteiger partial charge in [0.25, 0.3) is 11.8 Å². The van der Waals surface area contributed by atoms with E-state index in [2.05, 4.69) is 99.2 Å². The lowest BCUT2D eigenvalue weighted by molar-refractivity contribution is -0.0323. The molecule has 0 radical (unpaired) electrons. The van der Waals surface area contributed by atoms with E-state index in [0.29, 0.717) is 35.4 Å². The van der Waals surface area contributed by atoms with Crippen LogP contribution in [0.1, 0.15) is 72.2 Å². The van der Waals surface area contributed by atoms with Gasteiger partial charge < -0.3 is 9.16 Å². The summed E-state index contributed by atoms with van der Waals surface area (Å²) in [5, 5.41) is -0.0848. The van der Waals surface area contributed by atoms with Gasteiger partial charge in [-0.25, -0.2) is 19.9 Å². The van der Waals surface area contributed by atoms with Crippen LogP contribution in [0.2, 0.25) is 18.1 Å². The molecule has 0 bridgehead atoms. The van der Waals surface area contributed by atoms with Crippen LogP contribution in [0.15, 0.2) is 134 Å². The summed E-state index contributed by atoms with van der Waals surface area (Å²) < 4.78 is 16.5. The standard InChI is InChI=1S/C45H50N6O4Si/c1-7-36-38(49(28-32-20-12-8-13-21-32)29-33-22-14-9-15-23-33)39(55-56(5,6)45(2,3)4)44(54-36)50-31-48-37-40(50)46-30-47-41(37)51(42(52)34-24-16-10-17-25-34)43(53)35-26-18-11-19-27-35/h8-27,30-31,36,38-39,44H,7,28-29H2,1-6H3/t36-,38+,39?,44-/m1/s1. The summed E-state index contributed by atoms with van der Waals surface area (Å²) in [6, 6.07) is 38.3. The Morgan fingerprint density at radius 3 is 1.73 bits per heavy atom. The fraction of sp³-hybridized carbons (Fsp3) is 0.311. The Morgan fingerprint density at radius 1 is 0.750 bits per heavy atom. The zero-order valence-corrected chi connectivity index (χ0v) is 33.9. The molecule has 6 aromatic rings. The lowest BCUT2D eigenvalue weighted by Crippen LogP contribution is -2.53. The molecule has 1 unspecified atom stereocenters. The first-order valence-electron chi connectivity index (χ1n) is 19.3. The number of amides is 2. The molecule has 1 fully saturated rings. The van der Waals surface area contributed by atoms with Gasteiger partial charge in [0.2, 0.25) is 0 Å². The third kappa shape index (κ3) is 7.99. The van der Waals surface area contributed by atoms with Crippen LogP contribution in [-0.4, -0.2) is 62.8 Å².